The third kappa shape index (κ3) is 3.70. The molecule has 0 atom stereocenters. The molecule has 0 aliphatic heterocycles. The van der Waals surface area contributed by atoms with Crippen molar-refractivity contribution in [3.63, 3.8) is 0 Å². The molecule has 0 bridgehead atoms. The van der Waals surface area contributed by atoms with Crippen molar-refractivity contribution in [2.45, 2.75) is 64.9 Å². The fourth-order valence-corrected chi connectivity index (χ4v) is 2.60. The maximum absolute atomic E-state index is 11.4. The van der Waals surface area contributed by atoms with Gasteiger partial charge >= 0.3 is 5.97 Å². The van der Waals surface area contributed by atoms with Gasteiger partial charge in [-0.3, -0.25) is 0 Å². The van der Waals surface area contributed by atoms with Gasteiger partial charge in [0.05, 0.1) is 0 Å². The Bertz CT molecular complexity index is 240. The smallest absolute Gasteiger partial charge is 0.335 e. The van der Waals surface area contributed by atoms with Gasteiger partial charge in [-0.15, -0.1) is 0 Å². The lowest BCUT2D eigenvalue weighted by atomic mass is 9.74. The molecule has 0 spiro atoms. The van der Waals surface area contributed by atoms with Crippen LogP contribution in [0.25, 0.3) is 0 Å². The molecule has 0 heterocycles. The predicted molar refractivity (Wildman–Crippen MR) is 68.0 cm³/mol. The Morgan fingerprint density at radius 3 is 2.41 bits per heavy atom. The number of carboxylic acids is 1. The fourth-order valence-electron chi connectivity index (χ4n) is 2.60. The van der Waals surface area contributed by atoms with Crippen molar-refractivity contribution in [2.24, 2.45) is 11.8 Å². The van der Waals surface area contributed by atoms with E-state index in [9.17, 15) is 9.90 Å². The van der Waals surface area contributed by atoms with E-state index in [-0.39, 0.29) is 0 Å². The molecule has 1 aliphatic rings. The first-order valence-corrected chi connectivity index (χ1v) is 6.89. The summed E-state index contributed by atoms with van der Waals surface area (Å²) in [6.45, 7) is 7.11. The average molecular weight is 242 g/mol. The summed E-state index contributed by atoms with van der Waals surface area (Å²) in [5.74, 6) is 0.547. The van der Waals surface area contributed by atoms with E-state index in [1.807, 2.05) is 0 Å². The second-order valence-corrected chi connectivity index (χ2v) is 5.58. The van der Waals surface area contributed by atoms with E-state index in [0.717, 1.165) is 25.7 Å². The monoisotopic (exact) mass is 242 g/mol. The van der Waals surface area contributed by atoms with E-state index in [4.69, 9.17) is 4.74 Å². The van der Waals surface area contributed by atoms with Crippen LogP contribution < -0.4 is 0 Å². The highest BCUT2D eigenvalue weighted by atomic mass is 16.5. The van der Waals surface area contributed by atoms with Gasteiger partial charge in [-0.05, 0) is 43.9 Å². The Morgan fingerprint density at radius 2 is 2.00 bits per heavy atom. The van der Waals surface area contributed by atoms with Crippen molar-refractivity contribution in [3.05, 3.63) is 0 Å². The SMILES string of the molecule is CCCCOC1(C(=O)O)CCC(C(C)C)CC1. The number of unbranched alkanes of at least 4 members (excludes halogenated alkanes) is 1. The van der Waals surface area contributed by atoms with Crippen LogP contribution in [-0.4, -0.2) is 23.3 Å². The van der Waals surface area contributed by atoms with Crippen LogP contribution in [0.15, 0.2) is 0 Å². The molecule has 0 aromatic heterocycles. The van der Waals surface area contributed by atoms with Crippen LogP contribution in [0.1, 0.15) is 59.3 Å². The zero-order valence-corrected chi connectivity index (χ0v) is 11.4. The Balaban J connectivity index is 2.54. The van der Waals surface area contributed by atoms with Crippen molar-refractivity contribution in [3.8, 4) is 0 Å². The summed E-state index contributed by atoms with van der Waals surface area (Å²) >= 11 is 0. The highest BCUT2D eigenvalue weighted by molar-refractivity contribution is 5.77. The molecule has 3 nitrogen and oxygen atoms in total. The Kier molecular flexibility index (Phi) is 5.44. The summed E-state index contributed by atoms with van der Waals surface area (Å²) in [5, 5.41) is 9.39. The van der Waals surface area contributed by atoms with Crippen molar-refractivity contribution in [2.75, 3.05) is 6.61 Å². The molecule has 3 heteroatoms. The molecular formula is C14H26O3. The van der Waals surface area contributed by atoms with Crippen molar-refractivity contribution >= 4 is 5.97 Å². The van der Waals surface area contributed by atoms with Crippen LogP contribution in [0.5, 0.6) is 0 Å². The second kappa shape index (κ2) is 6.39. The first-order chi connectivity index (χ1) is 8.02. The number of carboxylic acid groups (broad SMARTS) is 1. The highest BCUT2D eigenvalue weighted by Crippen LogP contribution is 2.38. The minimum atomic E-state index is -0.888. The number of carbonyl (C=O) groups is 1. The van der Waals surface area contributed by atoms with E-state index < -0.39 is 11.6 Å². The maximum Gasteiger partial charge on any atom is 0.335 e. The third-order valence-corrected chi connectivity index (χ3v) is 4.05. The van der Waals surface area contributed by atoms with Gasteiger partial charge in [0.2, 0.25) is 0 Å². The summed E-state index contributed by atoms with van der Waals surface area (Å²) in [6.07, 6.45) is 5.31. The van der Waals surface area contributed by atoms with Crippen LogP contribution in [0.4, 0.5) is 0 Å². The van der Waals surface area contributed by atoms with Gasteiger partial charge in [0, 0.05) is 6.61 Å². The van der Waals surface area contributed by atoms with E-state index in [2.05, 4.69) is 20.8 Å². The van der Waals surface area contributed by atoms with Gasteiger partial charge in [0.25, 0.3) is 0 Å². The number of hydrogen-bond donors (Lipinski definition) is 1. The first-order valence-electron chi connectivity index (χ1n) is 6.89. The summed E-state index contributed by atoms with van der Waals surface area (Å²) < 4.78 is 5.70. The van der Waals surface area contributed by atoms with Crippen LogP contribution >= 0.6 is 0 Å². The fraction of sp³-hybridized carbons (Fsp3) is 0.929. The van der Waals surface area contributed by atoms with Gasteiger partial charge in [0.1, 0.15) is 0 Å². The zero-order chi connectivity index (χ0) is 12.9. The lowest BCUT2D eigenvalue weighted by Crippen LogP contribution is -2.45. The molecule has 17 heavy (non-hydrogen) atoms. The van der Waals surface area contributed by atoms with Crippen molar-refractivity contribution in [1.29, 1.82) is 0 Å². The zero-order valence-electron chi connectivity index (χ0n) is 11.4. The summed E-state index contributed by atoms with van der Waals surface area (Å²) in [7, 11) is 0. The minimum absolute atomic E-state index is 0.579. The van der Waals surface area contributed by atoms with Gasteiger partial charge < -0.3 is 9.84 Å². The van der Waals surface area contributed by atoms with Gasteiger partial charge in [-0.1, -0.05) is 27.2 Å². The first kappa shape index (κ1) is 14.5. The molecule has 100 valence electrons. The van der Waals surface area contributed by atoms with Crippen LogP contribution in [0.3, 0.4) is 0 Å². The van der Waals surface area contributed by atoms with Gasteiger partial charge in [-0.2, -0.15) is 0 Å². The molecule has 1 saturated carbocycles. The number of aliphatic carboxylic acids is 1. The largest absolute Gasteiger partial charge is 0.479 e. The molecule has 0 unspecified atom stereocenters. The second-order valence-electron chi connectivity index (χ2n) is 5.58. The van der Waals surface area contributed by atoms with Crippen molar-refractivity contribution < 1.29 is 14.6 Å². The molecule has 0 aromatic rings. The Labute approximate surface area is 105 Å². The lowest BCUT2D eigenvalue weighted by Gasteiger charge is -2.38. The minimum Gasteiger partial charge on any atom is -0.479 e. The molecular weight excluding hydrogens is 216 g/mol. The maximum atomic E-state index is 11.4. The van der Waals surface area contributed by atoms with Crippen LogP contribution in [0, 0.1) is 11.8 Å². The summed E-state index contributed by atoms with van der Waals surface area (Å²) in [4.78, 5) is 11.4. The lowest BCUT2D eigenvalue weighted by molar-refractivity contribution is -0.173. The summed E-state index contributed by atoms with van der Waals surface area (Å²) in [5.41, 5.74) is -0.888. The standard InChI is InChI=1S/C14H26O3/c1-4-5-10-17-14(13(15)16)8-6-12(7-9-14)11(2)3/h11-12H,4-10H2,1-3H3,(H,15,16). The van der Waals surface area contributed by atoms with E-state index in [1.165, 1.54) is 0 Å². The molecule has 1 N–H and O–H groups in total. The Morgan fingerprint density at radius 1 is 1.41 bits per heavy atom. The quantitative estimate of drug-likeness (QED) is 0.725. The highest BCUT2D eigenvalue weighted by Gasteiger charge is 2.43. The predicted octanol–water partition coefficient (Wildman–Crippen LogP) is 3.47. The normalized spacial score (nSPS) is 29.5. The molecule has 1 aliphatic carbocycles. The molecule has 1 rings (SSSR count). The van der Waals surface area contributed by atoms with Gasteiger partial charge in [-0.25, -0.2) is 4.79 Å². The number of ether oxygens (including phenoxy) is 1. The van der Waals surface area contributed by atoms with Crippen molar-refractivity contribution in [1.82, 2.24) is 0 Å². The van der Waals surface area contributed by atoms with Gasteiger partial charge in [0.15, 0.2) is 5.60 Å². The number of rotatable bonds is 6. The van der Waals surface area contributed by atoms with E-state index in [1.54, 1.807) is 0 Å². The molecule has 0 aromatic carbocycles. The topological polar surface area (TPSA) is 46.5 Å². The Hall–Kier alpha value is -0.570. The van der Waals surface area contributed by atoms with E-state index >= 15 is 0 Å². The third-order valence-electron chi connectivity index (χ3n) is 4.05. The average Bonchev–Trinajstić information content (AvgIpc) is 2.29. The molecule has 0 saturated heterocycles. The molecule has 1 fully saturated rings. The van der Waals surface area contributed by atoms with E-state index in [0.29, 0.717) is 31.3 Å². The molecule has 0 amide bonds. The van der Waals surface area contributed by atoms with Crippen LogP contribution in [0.2, 0.25) is 0 Å². The van der Waals surface area contributed by atoms with Crippen LogP contribution in [-0.2, 0) is 9.53 Å². The summed E-state index contributed by atoms with van der Waals surface area (Å²) in [6, 6.07) is 0. The number of hydrogen-bond acceptors (Lipinski definition) is 2. The molecule has 0 radical (unpaired) electrons.